The summed E-state index contributed by atoms with van der Waals surface area (Å²) in [6.45, 7) is 4.46. The first-order valence-electron chi connectivity index (χ1n) is 12.1. The lowest BCUT2D eigenvalue weighted by molar-refractivity contribution is -0.143. The van der Waals surface area contributed by atoms with Crippen molar-refractivity contribution in [1.82, 2.24) is 10.2 Å². The number of alkyl carbamates (subject to hydrolysis) is 1. The van der Waals surface area contributed by atoms with Crippen LogP contribution in [0.3, 0.4) is 0 Å². The highest BCUT2D eigenvalue weighted by Crippen LogP contribution is 2.44. The molecule has 7 nitrogen and oxygen atoms in total. The second kappa shape index (κ2) is 10.3. The fourth-order valence-electron chi connectivity index (χ4n) is 5.39. The zero-order chi connectivity index (χ0) is 24.2. The van der Waals surface area contributed by atoms with Crippen molar-refractivity contribution < 1.29 is 24.2 Å². The van der Waals surface area contributed by atoms with Crippen LogP contribution in [0.2, 0.25) is 0 Å². The molecule has 3 unspecified atom stereocenters. The summed E-state index contributed by atoms with van der Waals surface area (Å²) in [6, 6.07) is 15.7. The first-order valence-corrected chi connectivity index (χ1v) is 12.1. The molecule has 0 saturated carbocycles. The Morgan fingerprint density at radius 2 is 1.68 bits per heavy atom. The smallest absolute Gasteiger partial charge is 0.407 e. The van der Waals surface area contributed by atoms with Crippen molar-refractivity contribution in [3.63, 3.8) is 0 Å². The third-order valence-corrected chi connectivity index (χ3v) is 7.18. The molecule has 1 heterocycles. The number of carbonyl (C=O) groups excluding carboxylic acids is 2. The van der Waals surface area contributed by atoms with Crippen molar-refractivity contribution in [3.05, 3.63) is 59.7 Å². The molecule has 2 aromatic carbocycles. The average molecular weight is 465 g/mol. The number of nitrogens with zero attached hydrogens (tertiary/aromatic N) is 1. The Bertz CT molecular complexity index is 1020. The van der Waals surface area contributed by atoms with Gasteiger partial charge in [-0.2, -0.15) is 0 Å². The fraction of sp³-hybridized carbons (Fsp3) is 0.444. The number of carbonyl (C=O) groups is 3. The first-order chi connectivity index (χ1) is 16.4. The average Bonchev–Trinajstić information content (AvgIpc) is 3.42. The quantitative estimate of drug-likeness (QED) is 0.604. The van der Waals surface area contributed by atoms with Gasteiger partial charge in [0.15, 0.2) is 0 Å². The molecule has 34 heavy (non-hydrogen) atoms. The van der Waals surface area contributed by atoms with Crippen LogP contribution in [0.4, 0.5) is 4.79 Å². The third kappa shape index (κ3) is 4.65. The molecule has 180 valence electrons. The van der Waals surface area contributed by atoms with E-state index in [0.717, 1.165) is 11.1 Å². The molecule has 2 amide bonds. The molecule has 7 heteroatoms. The van der Waals surface area contributed by atoms with E-state index in [1.54, 1.807) is 4.90 Å². The summed E-state index contributed by atoms with van der Waals surface area (Å²) in [5.74, 6) is -1.53. The van der Waals surface area contributed by atoms with Gasteiger partial charge in [0.05, 0.1) is 5.92 Å². The molecule has 3 atom stereocenters. The number of nitrogens with one attached hydrogen (secondary N) is 1. The Morgan fingerprint density at radius 3 is 2.24 bits per heavy atom. The molecule has 2 aliphatic rings. The first kappa shape index (κ1) is 23.8. The minimum absolute atomic E-state index is 0.0253. The summed E-state index contributed by atoms with van der Waals surface area (Å²) in [5.41, 5.74) is 4.62. The molecule has 4 rings (SSSR count). The third-order valence-electron chi connectivity index (χ3n) is 7.18. The predicted octanol–water partition coefficient (Wildman–Crippen LogP) is 4.41. The molecule has 0 spiro atoms. The fourth-order valence-corrected chi connectivity index (χ4v) is 5.39. The SMILES string of the molecule is CCC(CC(=O)N1CCC(C(=O)O)C1CC)NC(=O)OCC1c2ccccc2-c2ccccc21. The number of hydrogen-bond acceptors (Lipinski definition) is 4. The van der Waals surface area contributed by atoms with Crippen molar-refractivity contribution in [2.75, 3.05) is 13.2 Å². The van der Waals surface area contributed by atoms with Gasteiger partial charge in [0.1, 0.15) is 6.61 Å². The van der Waals surface area contributed by atoms with Crippen LogP contribution in [0.5, 0.6) is 0 Å². The Labute approximate surface area is 200 Å². The number of carboxylic acids is 1. The molecule has 0 aromatic heterocycles. The molecule has 2 aromatic rings. The van der Waals surface area contributed by atoms with E-state index in [-0.39, 0.29) is 36.9 Å². The van der Waals surface area contributed by atoms with Crippen molar-refractivity contribution in [2.24, 2.45) is 5.92 Å². The number of benzene rings is 2. The monoisotopic (exact) mass is 464 g/mol. The van der Waals surface area contributed by atoms with Crippen LogP contribution in [-0.4, -0.2) is 53.2 Å². The molecule has 1 aliphatic heterocycles. The molecule has 2 N–H and O–H groups in total. The summed E-state index contributed by atoms with van der Waals surface area (Å²) < 4.78 is 5.62. The van der Waals surface area contributed by atoms with Crippen LogP contribution in [0.25, 0.3) is 11.1 Å². The van der Waals surface area contributed by atoms with E-state index in [2.05, 4.69) is 29.6 Å². The van der Waals surface area contributed by atoms with Gasteiger partial charge >= 0.3 is 12.1 Å². The second-order valence-electron chi connectivity index (χ2n) is 9.08. The van der Waals surface area contributed by atoms with E-state index < -0.39 is 18.0 Å². The summed E-state index contributed by atoms with van der Waals surface area (Å²) >= 11 is 0. The molecular formula is C27H32N2O5. The van der Waals surface area contributed by atoms with Crippen LogP contribution >= 0.6 is 0 Å². The van der Waals surface area contributed by atoms with E-state index >= 15 is 0 Å². The lowest BCUT2D eigenvalue weighted by Crippen LogP contribution is -2.44. The zero-order valence-corrected chi connectivity index (χ0v) is 19.7. The van der Waals surface area contributed by atoms with Crippen LogP contribution in [0.15, 0.2) is 48.5 Å². The number of rotatable bonds is 8. The van der Waals surface area contributed by atoms with E-state index in [1.165, 1.54) is 11.1 Å². The van der Waals surface area contributed by atoms with Gasteiger partial charge in [0.25, 0.3) is 0 Å². The topological polar surface area (TPSA) is 95.9 Å². The number of likely N-dealkylation sites (tertiary alicyclic amines) is 1. The highest BCUT2D eigenvalue weighted by molar-refractivity contribution is 5.81. The van der Waals surface area contributed by atoms with Crippen molar-refractivity contribution >= 4 is 18.0 Å². The van der Waals surface area contributed by atoms with Gasteiger partial charge in [-0.05, 0) is 41.5 Å². The second-order valence-corrected chi connectivity index (χ2v) is 9.08. The summed E-state index contributed by atoms with van der Waals surface area (Å²) in [4.78, 5) is 38.7. The highest BCUT2D eigenvalue weighted by atomic mass is 16.5. The zero-order valence-electron chi connectivity index (χ0n) is 19.7. The van der Waals surface area contributed by atoms with Gasteiger partial charge in [0.2, 0.25) is 5.91 Å². The Morgan fingerprint density at radius 1 is 1.06 bits per heavy atom. The van der Waals surface area contributed by atoms with Crippen molar-refractivity contribution in [1.29, 1.82) is 0 Å². The number of aliphatic carboxylic acids is 1. The summed E-state index contributed by atoms with van der Waals surface area (Å²) in [6.07, 6.45) is 1.22. The van der Waals surface area contributed by atoms with Gasteiger partial charge in [-0.25, -0.2) is 4.79 Å². The molecule has 1 aliphatic carbocycles. The van der Waals surface area contributed by atoms with E-state index in [9.17, 15) is 19.5 Å². The molecule has 1 fully saturated rings. The van der Waals surface area contributed by atoms with Gasteiger partial charge in [-0.3, -0.25) is 9.59 Å². The maximum atomic E-state index is 12.9. The van der Waals surface area contributed by atoms with Crippen LogP contribution in [0, 0.1) is 5.92 Å². The van der Waals surface area contributed by atoms with Gasteiger partial charge in [0, 0.05) is 31.0 Å². The lowest BCUT2D eigenvalue weighted by atomic mass is 9.98. The Balaban J connectivity index is 1.35. The van der Waals surface area contributed by atoms with E-state index in [1.807, 2.05) is 38.1 Å². The summed E-state index contributed by atoms with van der Waals surface area (Å²) in [7, 11) is 0. The minimum atomic E-state index is -0.856. The van der Waals surface area contributed by atoms with Crippen molar-refractivity contribution in [3.8, 4) is 11.1 Å². The van der Waals surface area contributed by atoms with Gasteiger partial charge in [-0.1, -0.05) is 62.4 Å². The standard InChI is InChI=1S/C27H32N2O5/c1-3-17(15-25(30)29-14-13-22(26(31)32)24(29)4-2)28-27(33)34-16-23-20-11-7-5-9-18(20)19-10-6-8-12-21(19)23/h5-12,17,22-24H,3-4,13-16H2,1-2H3,(H,28,33)(H,31,32). The van der Waals surface area contributed by atoms with E-state index in [0.29, 0.717) is 25.8 Å². The van der Waals surface area contributed by atoms with Crippen molar-refractivity contribution in [2.45, 2.75) is 57.5 Å². The number of ether oxygens (including phenoxy) is 1. The van der Waals surface area contributed by atoms with Crippen LogP contribution < -0.4 is 5.32 Å². The maximum Gasteiger partial charge on any atom is 0.407 e. The molecule has 0 bridgehead atoms. The van der Waals surface area contributed by atoms with Gasteiger partial charge < -0.3 is 20.1 Å². The normalized spacial score (nSPS) is 19.9. The van der Waals surface area contributed by atoms with E-state index in [4.69, 9.17) is 4.74 Å². The summed E-state index contributed by atoms with van der Waals surface area (Å²) in [5, 5.41) is 12.3. The Kier molecular flexibility index (Phi) is 7.20. The molecule has 0 radical (unpaired) electrons. The van der Waals surface area contributed by atoms with Crippen LogP contribution in [-0.2, 0) is 14.3 Å². The maximum absolute atomic E-state index is 12.9. The number of amides is 2. The van der Waals surface area contributed by atoms with Gasteiger partial charge in [-0.15, -0.1) is 0 Å². The molecular weight excluding hydrogens is 432 g/mol. The number of hydrogen-bond donors (Lipinski definition) is 2. The largest absolute Gasteiger partial charge is 0.481 e. The highest BCUT2D eigenvalue weighted by Gasteiger charge is 2.40. The van der Waals surface area contributed by atoms with Crippen LogP contribution in [0.1, 0.15) is 56.6 Å². The number of carboxylic acid groups (broad SMARTS) is 1. The number of fused-ring (bicyclic) bond motifs is 3. The molecule has 1 saturated heterocycles. The lowest BCUT2D eigenvalue weighted by Gasteiger charge is -2.27. The minimum Gasteiger partial charge on any atom is -0.481 e. The predicted molar refractivity (Wildman–Crippen MR) is 128 cm³/mol. The Hall–Kier alpha value is -3.35.